The van der Waals surface area contributed by atoms with Gasteiger partial charge in [0.1, 0.15) is 0 Å². The normalized spacial score (nSPS) is 14.2. The van der Waals surface area contributed by atoms with Crippen LogP contribution in [0.25, 0.3) is 11.6 Å². The van der Waals surface area contributed by atoms with Crippen LogP contribution in [0.2, 0.25) is 0 Å². The Kier molecular flexibility index (Phi) is 4.10. The molecule has 3 aromatic rings. The van der Waals surface area contributed by atoms with E-state index in [0.29, 0.717) is 30.2 Å². The van der Waals surface area contributed by atoms with Gasteiger partial charge in [-0.2, -0.15) is 0 Å². The highest BCUT2D eigenvalue weighted by molar-refractivity contribution is 5.50. The second kappa shape index (κ2) is 6.57. The Morgan fingerprint density at radius 2 is 2.19 bits per heavy atom. The molecule has 0 amide bonds. The summed E-state index contributed by atoms with van der Waals surface area (Å²) in [6.45, 7) is 1.78. The van der Waals surface area contributed by atoms with Gasteiger partial charge in [0.15, 0.2) is 17.3 Å². The van der Waals surface area contributed by atoms with Crippen molar-refractivity contribution >= 4 is 5.69 Å². The first-order valence-electron chi connectivity index (χ1n) is 8.18. The van der Waals surface area contributed by atoms with Gasteiger partial charge in [-0.3, -0.25) is 15.0 Å². The minimum atomic E-state index is -0.575. The molecule has 0 saturated heterocycles. The predicted octanol–water partition coefficient (Wildman–Crippen LogP) is 2.91. The van der Waals surface area contributed by atoms with E-state index in [2.05, 4.69) is 14.9 Å². The fraction of sp³-hybridized carbons (Fsp3) is 0.222. The number of furan rings is 1. The van der Waals surface area contributed by atoms with Crippen molar-refractivity contribution in [2.75, 3.05) is 6.54 Å². The maximum Gasteiger partial charge on any atom is 0.311 e. The number of nitro benzene ring substituents is 1. The standard InChI is InChI=1S/C18H16N4O4/c23-17-12(3-1-4-15(17)22(24)25)10-21-7-6-14-13(11-21)9-19-18(20-14)16-5-2-8-26-16/h1-5,8-9,23H,6-7,10-11H2. The molecular formula is C18H16N4O4. The van der Waals surface area contributed by atoms with Crippen molar-refractivity contribution < 1.29 is 14.4 Å². The number of hydrogen-bond donors (Lipinski definition) is 1. The van der Waals surface area contributed by atoms with Crippen LogP contribution in [-0.2, 0) is 19.5 Å². The van der Waals surface area contributed by atoms with Gasteiger partial charge in [0.25, 0.3) is 0 Å². The van der Waals surface area contributed by atoms with Gasteiger partial charge in [-0.15, -0.1) is 0 Å². The molecule has 0 fully saturated rings. The first-order valence-corrected chi connectivity index (χ1v) is 8.18. The van der Waals surface area contributed by atoms with E-state index in [0.717, 1.165) is 24.2 Å². The van der Waals surface area contributed by atoms with Gasteiger partial charge in [0, 0.05) is 49.4 Å². The van der Waals surface area contributed by atoms with Crippen LogP contribution in [0.1, 0.15) is 16.8 Å². The molecule has 132 valence electrons. The van der Waals surface area contributed by atoms with Gasteiger partial charge in [0.2, 0.25) is 0 Å². The number of hydrogen-bond acceptors (Lipinski definition) is 7. The Bertz CT molecular complexity index is 956. The molecule has 0 radical (unpaired) electrons. The monoisotopic (exact) mass is 352 g/mol. The van der Waals surface area contributed by atoms with E-state index >= 15 is 0 Å². The lowest BCUT2D eigenvalue weighted by Gasteiger charge is -2.28. The van der Waals surface area contributed by atoms with Crippen molar-refractivity contribution in [1.82, 2.24) is 14.9 Å². The number of rotatable bonds is 4. The molecule has 1 N–H and O–H groups in total. The molecule has 2 aromatic heterocycles. The van der Waals surface area contributed by atoms with Crippen LogP contribution in [0.5, 0.6) is 5.75 Å². The third kappa shape index (κ3) is 3.02. The Labute approximate surface area is 148 Å². The molecule has 0 saturated carbocycles. The predicted molar refractivity (Wildman–Crippen MR) is 92.3 cm³/mol. The molecule has 0 aliphatic carbocycles. The quantitative estimate of drug-likeness (QED) is 0.568. The average Bonchev–Trinajstić information content (AvgIpc) is 3.17. The molecule has 1 aromatic carbocycles. The molecule has 0 unspecified atom stereocenters. The summed E-state index contributed by atoms with van der Waals surface area (Å²) in [5.41, 5.74) is 2.25. The molecule has 8 nitrogen and oxygen atoms in total. The van der Waals surface area contributed by atoms with Gasteiger partial charge < -0.3 is 9.52 Å². The van der Waals surface area contributed by atoms with Crippen LogP contribution in [0.15, 0.2) is 47.2 Å². The van der Waals surface area contributed by atoms with E-state index in [4.69, 9.17) is 4.42 Å². The molecule has 0 bridgehead atoms. The fourth-order valence-electron chi connectivity index (χ4n) is 3.13. The molecule has 0 spiro atoms. The largest absolute Gasteiger partial charge is 0.502 e. The first kappa shape index (κ1) is 16.2. The minimum absolute atomic E-state index is 0.271. The molecule has 8 heteroatoms. The average molecular weight is 352 g/mol. The van der Waals surface area contributed by atoms with Crippen molar-refractivity contribution in [2.45, 2.75) is 19.5 Å². The lowest BCUT2D eigenvalue weighted by Crippen LogP contribution is -2.31. The second-order valence-electron chi connectivity index (χ2n) is 6.15. The highest BCUT2D eigenvalue weighted by Crippen LogP contribution is 2.31. The van der Waals surface area contributed by atoms with E-state index < -0.39 is 4.92 Å². The Balaban J connectivity index is 1.53. The summed E-state index contributed by atoms with van der Waals surface area (Å²) < 4.78 is 5.34. The molecule has 3 heterocycles. The highest BCUT2D eigenvalue weighted by atomic mass is 16.6. The highest BCUT2D eigenvalue weighted by Gasteiger charge is 2.22. The number of phenolic OH excluding ortho intramolecular Hbond substituents is 1. The number of phenols is 1. The van der Waals surface area contributed by atoms with Crippen molar-refractivity contribution in [3.63, 3.8) is 0 Å². The molecule has 1 aliphatic heterocycles. The molecule has 0 atom stereocenters. The van der Waals surface area contributed by atoms with Crippen LogP contribution in [-0.4, -0.2) is 31.4 Å². The summed E-state index contributed by atoms with van der Waals surface area (Å²) in [7, 11) is 0. The third-order valence-electron chi connectivity index (χ3n) is 4.44. The molecule has 1 aliphatic rings. The summed E-state index contributed by atoms with van der Waals surface area (Å²) >= 11 is 0. The summed E-state index contributed by atoms with van der Waals surface area (Å²) in [6, 6.07) is 8.21. The summed E-state index contributed by atoms with van der Waals surface area (Å²) in [5.74, 6) is 0.933. The van der Waals surface area contributed by atoms with Gasteiger partial charge in [0.05, 0.1) is 16.9 Å². The second-order valence-corrected chi connectivity index (χ2v) is 6.15. The van der Waals surface area contributed by atoms with Gasteiger partial charge >= 0.3 is 5.69 Å². The Morgan fingerprint density at radius 3 is 2.96 bits per heavy atom. The first-order chi connectivity index (χ1) is 12.6. The number of fused-ring (bicyclic) bond motifs is 1. The summed E-state index contributed by atoms with van der Waals surface area (Å²) in [4.78, 5) is 21.4. The summed E-state index contributed by atoms with van der Waals surface area (Å²) in [6.07, 6.45) is 4.12. The zero-order valence-corrected chi connectivity index (χ0v) is 13.8. The van der Waals surface area contributed by atoms with Crippen LogP contribution in [0, 0.1) is 10.1 Å². The Hall–Kier alpha value is -3.26. The Morgan fingerprint density at radius 1 is 1.31 bits per heavy atom. The zero-order chi connectivity index (χ0) is 18.1. The smallest absolute Gasteiger partial charge is 0.311 e. The minimum Gasteiger partial charge on any atom is -0.502 e. The van der Waals surface area contributed by atoms with E-state index in [1.54, 1.807) is 30.7 Å². The number of nitrogens with zero attached hydrogens (tertiary/aromatic N) is 4. The van der Waals surface area contributed by atoms with Crippen molar-refractivity contribution in [2.24, 2.45) is 0 Å². The van der Waals surface area contributed by atoms with Crippen molar-refractivity contribution in [3.05, 3.63) is 69.7 Å². The lowest BCUT2D eigenvalue weighted by molar-refractivity contribution is -0.385. The summed E-state index contributed by atoms with van der Waals surface area (Å²) in [5, 5.41) is 21.1. The number of nitro groups is 1. The van der Waals surface area contributed by atoms with Crippen LogP contribution in [0.3, 0.4) is 0 Å². The molecular weight excluding hydrogens is 336 g/mol. The van der Waals surface area contributed by atoms with Gasteiger partial charge in [-0.1, -0.05) is 12.1 Å². The van der Waals surface area contributed by atoms with Crippen LogP contribution in [0.4, 0.5) is 5.69 Å². The third-order valence-corrected chi connectivity index (χ3v) is 4.44. The number of aromatic hydroxyl groups is 1. The number of aromatic nitrogens is 2. The van der Waals surface area contributed by atoms with Gasteiger partial charge in [-0.25, -0.2) is 9.97 Å². The van der Waals surface area contributed by atoms with E-state index in [1.165, 1.54) is 6.07 Å². The van der Waals surface area contributed by atoms with Gasteiger partial charge in [-0.05, 0) is 12.1 Å². The van der Waals surface area contributed by atoms with Crippen molar-refractivity contribution in [3.8, 4) is 17.3 Å². The topological polar surface area (TPSA) is 106 Å². The van der Waals surface area contributed by atoms with Crippen molar-refractivity contribution in [1.29, 1.82) is 0 Å². The number of para-hydroxylation sites is 1. The van der Waals surface area contributed by atoms with E-state index in [9.17, 15) is 15.2 Å². The lowest BCUT2D eigenvalue weighted by atomic mass is 10.1. The maximum absolute atomic E-state index is 11.0. The SMILES string of the molecule is O=[N+]([O-])c1cccc(CN2CCc3nc(-c4ccco4)ncc3C2)c1O. The zero-order valence-electron chi connectivity index (χ0n) is 13.8. The van der Waals surface area contributed by atoms with Crippen LogP contribution >= 0.6 is 0 Å². The van der Waals surface area contributed by atoms with Crippen LogP contribution < -0.4 is 0 Å². The maximum atomic E-state index is 11.0. The van der Waals surface area contributed by atoms with E-state index in [-0.39, 0.29) is 11.4 Å². The van der Waals surface area contributed by atoms with E-state index in [1.807, 2.05) is 6.07 Å². The number of benzene rings is 1. The molecule has 26 heavy (non-hydrogen) atoms. The molecule has 4 rings (SSSR count). The fourth-order valence-corrected chi connectivity index (χ4v) is 3.13.